The lowest BCUT2D eigenvalue weighted by Crippen LogP contribution is -2.13. The Morgan fingerprint density at radius 3 is 2.35 bits per heavy atom. The van der Waals surface area contributed by atoms with Gasteiger partial charge in [-0.2, -0.15) is 0 Å². The van der Waals surface area contributed by atoms with Gasteiger partial charge in [-0.05, 0) is 55.0 Å². The molecule has 0 saturated carbocycles. The second-order valence-corrected chi connectivity index (χ2v) is 7.72. The normalized spacial score (nSPS) is 10.7. The maximum Gasteiger partial charge on any atom is 0.255 e. The smallest absolute Gasteiger partial charge is 0.255 e. The quantitative estimate of drug-likeness (QED) is 0.462. The number of nitrogens with zero attached hydrogens (tertiary/aromatic N) is 2. The highest BCUT2D eigenvalue weighted by Crippen LogP contribution is 2.38. The van der Waals surface area contributed by atoms with Crippen LogP contribution >= 0.6 is 11.3 Å². The molecular weight excluding hydrogens is 414 g/mol. The lowest BCUT2D eigenvalue weighted by molar-refractivity contribution is 0.102. The van der Waals surface area contributed by atoms with Gasteiger partial charge in [0.1, 0.15) is 15.4 Å². The van der Waals surface area contributed by atoms with E-state index in [-0.39, 0.29) is 5.91 Å². The minimum atomic E-state index is -0.278. The van der Waals surface area contributed by atoms with E-state index in [0.29, 0.717) is 28.5 Å². The minimum absolute atomic E-state index is 0.278. The van der Waals surface area contributed by atoms with E-state index in [1.54, 1.807) is 18.3 Å². The first-order chi connectivity index (χ1) is 15.0. The summed E-state index contributed by atoms with van der Waals surface area (Å²) in [7, 11) is 4.55. The molecule has 0 atom stereocenters. The number of hydrogen-bond acceptors (Lipinski definition) is 7. The van der Waals surface area contributed by atoms with E-state index in [4.69, 9.17) is 14.2 Å². The van der Waals surface area contributed by atoms with Crippen molar-refractivity contribution in [2.45, 2.75) is 6.92 Å². The molecule has 0 aliphatic rings. The molecule has 2 aromatic carbocycles. The van der Waals surface area contributed by atoms with Gasteiger partial charge in [-0.15, -0.1) is 0 Å². The van der Waals surface area contributed by atoms with E-state index in [2.05, 4.69) is 15.3 Å². The molecule has 31 heavy (non-hydrogen) atoms. The topological polar surface area (TPSA) is 82.6 Å². The fraction of sp³-hybridized carbons (Fsp3) is 0.174. The maximum atomic E-state index is 12.9. The second kappa shape index (κ2) is 8.61. The van der Waals surface area contributed by atoms with Crippen molar-refractivity contribution < 1.29 is 19.0 Å². The zero-order valence-corrected chi connectivity index (χ0v) is 18.4. The number of pyridine rings is 1. The molecule has 2 heterocycles. The third-order valence-electron chi connectivity index (χ3n) is 4.81. The lowest BCUT2D eigenvalue weighted by atomic mass is 10.1. The van der Waals surface area contributed by atoms with Crippen LogP contribution in [0.25, 0.3) is 20.9 Å². The summed E-state index contributed by atoms with van der Waals surface area (Å²) in [4.78, 5) is 22.8. The number of nitrogens with one attached hydrogen (secondary N) is 1. The Bertz CT molecular complexity index is 1210. The Kier molecular flexibility index (Phi) is 5.73. The predicted molar refractivity (Wildman–Crippen MR) is 122 cm³/mol. The molecule has 4 aromatic rings. The Morgan fingerprint density at radius 1 is 1.00 bits per heavy atom. The van der Waals surface area contributed by atoms with Crippen LogP contribution in [-0.2, 0) is 0 Å². The van der Waals surface area contributed by atoms with Crippen LogP contribution in [0.4, 0.5) is 5.69 Å². The number of carbonyl (C=O) groups excluding carboxylic acids is 1. The van der Waals surface area contributed by atoms with Crippen LogP contribution in [0.1, 0.15) is 15.9 Å². The van der Waals surface area contributed by atoms with Crippen LogP contribution < -0.4 is 19.5 Å². The number of ether oxygens (including phenoxy) is 3. The van der Waals surface area contributed by atoms with Gasteiger partial charge >= 0.3 is 0 Å². The average molecular weight is 436 g/mol. The number of aryl methyl sites for hydroxylation is 1. The number of thiazole rings is 1. The molecule has 0 unspecified atom stereocenters. The molecule has 0 fully saturated rings. The van der Waals surface area contributed by atoms with E-state index < -0.39 is 0 Å². The summed E-state index contributed by atoms with van der Waals surface area (Å²) in [5.41, 5.74) is 3.88. The van der Waals surface area contributed by atoms with Gasteiger partial charge in [-0.25, -0.2) is 9.97 Å². The number of amides is 1. The fourth-order valence-corrected chi connectivity index (χ4v) is 4.14. The molecule has 0 aliphatic carbocycles. The molecule has 0 bridgehead atoms. The average Bonchev–Trinajstić information content (AvgIpc) is 3.23. The summed E-state index contributed by atoms with van der Waals surface area (Å²) in [6.07, 6.45) is 1.76. The van der Waals surface area contributed by atoms with Crippen LogP contribution in [0, 0.1) is 6.92 Å². The first-order valence-corrected chi connectivity index (χ1v) is 10.3. The van der Waals surface area contributed by atoms with Crippen molar-refractivity contribution in [3.05, 3.63) is 59.8 Å². The monoisotopic (exact) mass is 435 g/mol. The number of fused-ring (bicyclic) bond motifs is 1. The van der Waals surface area contributed by atoms with Crippen molar-refractivity contribution in [3.8, 4) is 27.8 Å². The molecular formula is C23H21N3O4S. The molecule has 158 valence electrons. The van der Waals surface area contributed by atoms with Crippen molar-refractivity contribution >= 4 is 33.3 Å². The molecule has 2 aromatic heterocycles. The molecule has 1 amide bonds. The molecule has 1 N–H and O–H groups in total. The van der Waals surface area contributed by atoms with Crippen LogP contribution in [0.3, 0.4) is 0 Å². The number of carbonyl (C=O) groups is 1. The summed E-state index contributed by atoms with van der Waals surface area (Å²) in [6, 6.07) is 12.9. The van der Waals surface area contributed by atoms with Crippen LogP contribution in [-0.4, -0.2) is 37.2 Å². The van der Waals surface area contributed by atoms with E-state index >= 15 is 0 Å². The molecule has 0 aliphatic heterocycles. The van der Waals surface area contributed by atoms with Gasteiger partial charge in [0.15, 0.2) is 11.5 Å². The van der Waals surface area contributed by atoms with Crippen molar-refractivity contribution in [1.29, 1.82) is 0 Å². The summed E-state index contributed by atoms with van der Waals surface area (Å²) in [5, 5.41) is 3.84. The van der Waals surface area contributed by atoms with E-state index in [1.807, 2.05) is 37.3 Å². The zero-order chi connectivity index (χ0) is 22.0. The first-order valence-electron chi connectivity index (χ1n) is 9.48. The number of anilines is 1. The van der Waals surface area contributed by atoms with Crippen molar-refractivity contribution in [1.82, 2.24) is 9.97 Å². The maximum absolute atomic E-state index is 12.9. The summed E-state index contributed by atoms with van der Waals surface area (Å²) in [6.45, 7) is 1.94. The highest BCUT2D eigenvalue weighted by atomic mass is 32.1. The van der Waals surface area contributed by atoms with E-state index in [1.165, 1.54) is 32.7 Å². The third kappa shape index (κ3) is 4.02. The van der Waals surface area contributed by atoms with Crippen molar-refractivity contribution in [2.24, 2.45) is 0 Å². The number of methoxy groups -OCH3 is 3. The van der Waals surface area contributed by atoms with Gasteiger partial charge in [0.25, 0.3) is 5.91 Å². The lowest BCUT2D eigenvalue weighted by Gasteiger charge is -2.15. The van der Waals surface area contributed by atoms with Crippen LogP contribution in [0.15, 0.2) is 48.7 Å². The van der Waals surface area contributed by atoms with Crippen molar-refractivity contribution in [3.63, 3.8) is 0 Å². The number of hydrogen-bond donors (Lipinski definition) is 1. The predicted octanol–water partition coefficient (Wildman–Crippen LogP) is 4.94. The van der Waals surface area contributed by atoms with Gasteiger partial charge in [-0.1, -0.05) is 11.3 Å². The van der Waals surface area contributed by atoms with E-state index in [0.717, 1.165) is 26.5 Å². The fourth-order valence-electron chi connectivity index (χ4n) is 3.24. The number of benzene rings is 2. The molecule has 0 radical (unpaired) electrons. The Hall–Kier alpha value is -3.65. The van der Waals surface area contributed by atoms with Crippen LogP contribution in [0.2, 0.25) is 0 Å². The van der Waals surface area contributed by atoms with Gasteiger partial charge in [0, 0.05) is 23.0 Å². The van der Waals surface area contributed by atoms with Gasteiger partial charge in [0.2, 0.25) is 5.75 Å². The highest BCUT2D eigenvalue weighted by molar-refractivity contribution is 7.21. The van der Waals surface area contributed by atoms with Gasteiger partial charge < -0.3 is 19.5 Å². The van der Waals surface area contributed by atoms with Crippen LogP contribution in [0.5, 0.6) is 17.2 Å². The number of rotatable bonds is 6. The van der Waals surface area contributed by atoms with Crippen molar-refractivity contribution in [2.75, 3.05) is 26.6 Å². The standard InChI is InChI=1S/C23H21N3O4S/c1-13-10-14(22-26-17-6-5-9-24-23(17)31-22)7-8-16(13)25-21(27)15-11-18(28-2)20(30-4)19(12-15)29-3/h5-12H,1-4H3,(H,25,27). The SMILES string of the molecule is COc1cc(C(=O)Nc2ccc(-c3nc4cccnc4s3)cc2C)cc(OC)c1OC. The second-order valence-electron chi connectivity index (χ2n) is 6.74. The molecule has 0 saturated heterocycles. The first kappa shape index (κ1) is 20.6. The minimum Gasteiger partial charge on any atom is -0.493 e. The Labute approximate surface area is 183 Å². The van der Waals surface area contributed by atoms with Gasteiger partial charge in [0.05, 0.1) is 21.3 Å². The highest BCUT2D eigenvalue weighted by Gasteiger charge is 2.18. The van der Waals surface area contributed by atoms with E-state index in [9.17, 15) is 4.79 Å². The molecule has 7 nitrogen and oxygen atoms in total. The summed E-state index contributed by atoms with van der Waals surface area (Å²) >= 11 is 1.54. The number of aromatic nitrogens is 2. The van der Waals surface area contributed by atoms with Gasteiger partial charge in [-0.3, -0.25) is 4.79 Å². The molecule has 8 heteroatoms. The third-order valence-corrected chi connectivity index (χ3v) is 5.84. The Balaban J connectivity index is 1.60. The summed E-state index contributed by atoms with van der Waals surface area (Å²) < 4.78 is 16.0. The molecule has 4 rings (SSSR count). The molecule has 0 spiro atoms. The zero-order valence-electron chi connectivity index (χ0n) is 17.6. The summed E-state index contributed by atoms with van der Waals surface area (Å²) in [5.74, 6) is 0.999. The largest absolute Gasteiger partial charge is 0.493 e. The Morgan fingerprint density at radius 2 is 1.74 bits per heavy atom.